The van der Waals surface area contributed by atoms with Gasteiger partial charge >= 0.3 is 6.18 Å². The maximum absolute atomic E-state index is 13.0. The number of aromatic amines is 1. The van der Waals surface area contributed by atoms with Crippen LogP contribution in [0.15, 0.2) is 23.0 Å². The number of nitrogens with zero attached hydrogens (tertiary/aromatic N) is 1. The maximum Gasteiger partial charge on any atom is 0.416 e. The predicted molar refractivity (Wildman–Crippen MR) is 103 cm³/mol. The molecule has 0 radical (unpaired) electrons. The molecule has 0 aliphatic rings. The average Bonchev–Trinajstić information content (AvgIpc) is 2.52. The zero-order chi connectivity index (χ0) is 20.6. The van der Waals surface area contributed by atoms with Gasteiger partial charge in [-0.3, -0.25) is 9.59 Å². The number of rotatable bonds is 3. The van der Waals surface area contributed by atoms with Crippen molar-refractivity contribution in [2.24, 2.45) is 5.73 Å². The Kier molecular flexibility index (Phi) is 7.03. The summed E-state index contributed by atoms with van der Waals surface area (Å²) in [5.41, 5.74) is 3.44. The highest BCUT2D eigenvalue weighted by molar-refractivity contribution is 6.04. The van der Waals surface area contributed by atoms with Crippen molar-refractivity contribution in [1.29, 1.82) is 0 Å². The first-order chi connectivity index (χ1) is 12.3. The van der Waals surface area contributed by atoms with E-state index in [1.165, 1.54) is 13.0 Å². The molecule has 0 bridgehead atoms. The molecule has 1 aromatic heterocycles. The molecule has 1 aromatic carbocycles. The molecular weight excluding hydrogens is 397 g/mol. The summed E-state index contributed by atoms with van der Waals surface area (Å²) < 4.78 is 39.0. The lowest BCUT2D eigenvalue weighted by atomic mass is 9.95. The van der Waals surface area contributed by atoms with E-state index in [2.05, 4.69) is 15.3 Å². The van der Waals surface area contributed by atoms with Crippen LogP contribution in [0.25, 0.3) is 0 Å². The smallest absolute Gasteiger partial charge is 0.326 e. The molecule has 6 nitrogen and oxygen atoms in total. The monoisotopic (exact) mass is 418 g/mol. The van der Waals surface area contributed by atoms with Crippen molar-refractivity contribution in [3.05, 3.63) is 56.8 Å². The Balaban J connectivity index is 0.00000392. The van der Waals surface area contributed by atoms with Crippen LogP contribution in [-0.2, 0) is 18.1 Å². The van der Waals surface area contributed by atoms with E-state index in [4.69, 9.17) is 5.73 Å². The molecule has 0 aliphatic heterocycles. The van der Waals surface area contributed by atoms with E-state index >= 15 is 0 Å². The molecule has 10 heteroatoms. The van der Waals surface area contributed by atoms with Crippen LogP contribution >= 0.6 is 12.4 Å². The molecule has 1 amide bonds. The SMILES string of the molecule is Cc1nc(C(C)(C)C)[nH]c(=O)c1C(=O)Nc1cc(CN)cc(C(F)(F)F)c1.Cl. The molecule has 0 saturated carbocycles. The highest BCUT2D eigenvalue weighted by atomic mass is 35.5. The van der Waals surface area contributed by atoms with Gasteiger partial charge in [-0.1, -0.05) is 20.8 Å². The van der Waals surface area contributed by atoms with Gasteiger partial charge in [0, 0.05) is 17.6 Å². The summed E-state index contributed by atoms with van der Waals surface area (Å²) in [7, 11) is 0. The molecule has 154 valence electrons. The predicted octanol–water partition coefficient (Wildman–Crippen LogP) is 3.53. The molecule has 0 fully saturated rings. The third-order valence-corrected chi connectivity index (χ3v) is 3.85. The number of aryl methyl sites for hydroxylation is 1. The normalized spacial score (nSPS) is 11.7. The lowest BCUT2D eigenvalue weighted by molar-refractivity contribution is -0.137. The Morgan fingerprint density at radius 3 is 2.29 bits per heavy atom. The topological polar surface area (TPSA) is 101 Å². The van der Waals surface area contributed by atoms with E-state index in [1.54, 1.807) is 0 Å². The van der Waals surface area contributed by atoms with Gasteiger partial charge in [-0.15, -0.1) is 12.4 Å². The van der Waals surface area contributed by atoms with Gasteiger partial charge in [-0.25, -0.2) is 4.98 Å². The molecule has 0 spiro atoms. The minimum absolute atomic E-state index is 0. The van der Waals surface area contributed by atoms with Gasteiger partial charge in [0.1, 0.15) is 11.4 Å². The summed E-state index contributed by atoms with van der Waals surface area (Å²) in [6, 6.07) is 3.03. The molecule has 0 unspecified atom stereocenters. The molecule has 0 saturated heterocycles. The number of H-pyrrole nitrogens is 1. The van der Waals surface area contributed by atoms with Gasteiger partial charge in [0.25, 0.3) is 11.5 Å². The molecular formula is C18H22ClF3N4O2. The summed E-state index contributed by atoms with van der Waals surface area (Å²) in [5.74, 6) is -0.435. The number of carbonyl (C=O) groups is 1. The van der Waals surface area contributed by atoms with Gasteiger partial charge in [-0.2, -0.15) is 13.2 Å². The fourth-order valence-electron chi connectivity index (χ4n) is 2.45. The number of nitrogens with one attached hydrogen (secondary N) is 2. The van der Waals surface area contributed by atoms with Gasteiger partial charge in [0.2, 0.25) is 0 Å². The number of aromatic nitrogens is 2. The Labute approximate surface area is 166 Å². The summed E-state index contributed by atoms with van der Waals surface area (Å²) in [6.07, 6.45) is -4.59. The minimum Gasteiger partial charge on any atom is -0.326 e. The number of anilines is 1. The molecule has 0 aliphatic carbocycles. The molecule has 2 rings (SSSR count). The Hall–Kier alpha value is -2.39. The standard InChI is InChI=1S/C18H21F3N4O2.ClH/c1-9-13(15(27)25-16(23-9)17(2,3)4)14(26)24-12-6-10(8-22)5-11(7-12)18(19,20)21;/h5-7H,8,22H2,1-4H3,(H,24,26)(H,23,25,27);1H. The average molecular weight is 419 g/mol. The zero-order valence-corrected chi connectivity index (χ0v) is 16.6. The van der Waals surface area contributed by atoms with E-state index in [9.17, 15) is 22.8 Å². The lowest BCUT2D eigenvalue weighted by Gasteiger charge is -2.18. The third-order valence-electron chi connectivity index (χ3n) is 3.85. The summed E-state index contributed by atoms with van der Waals surface area (Å²) in [4.78, 5) is 31.6. The highest BCUT2D eigenvalue weighted by Gasteiger charge is 2.31. The molecule has 1 heterocycles. The Bertz CT molecular complexity index is 934. The zero-order valence-electron chi connectivity index (χ0n) is 15.8. The first kappa shape index (κ1) is 23.6. The molecule has 2 aromatic rings. The van der Waals surface area contributed by atoms with Crippen LogP contribution in [0.2, 0.25) is 0 Å². The van der Waals surface area contributed by atoms with Crippen molar-refractivity contribution in [3.8, 4) is 0 Å². The van der Waals surface area contributed by atoms with Gasteiger partial charge < -0.3 is 16.0 Å². The molecule has 4 N–H and O–H groups in total. The number of nitrogens with two attached hydrogens (primary N) is 1. The van der Waals surface area contributed by atoms with Gasteiger partial charge in [-0.05, 0) is 30.7 Å². The minimum atomic E-state index is -4.59. The van der Waals surface area contributed by atoms with Crippen LogP contribution < -0.4 is 16.6 Å². The number of amides is 1. The fourth-order valence-corrected chi connectivity index (χ4v) is 2.45. The summed E-state index contributed by atoms with van der Waals surface area (Å²) >= 11 is 0. The molecule has 0 atom stereocenters. The van der Waals surface area contributed by atoms with E-state index in [1.807, 2.05) is 20.8 Å². The van der Waals surface area contributed by atoms with Crippen LogP contribution in [0.5, 0.6) is 0 Å². The summed E-state index contributed by atoms with van der Waals surface area (Å²) in [6.45, 7) is 6.91. The quantitative estimate of drug-likeness (QED) is 0.709. The van der Waals surface area contributed by atoms with Crippen molar-refractivity contribution in [1.82, 2.24) is 9.97 Å². The van der Waals surface area contributed by atoms with Crippen molar-refractivity contribution >= 4 is 24.0 Å². The van der Waals surface area contributed by atoms with E-state index < -0.39 is 28.6 Å². The lowest BCUT2D eigenvalue weighted by Crippen LogP contribution is -2.30. The van der Waals surface area contributed by atoms with E-state index in [0.29, 0.717) is 5.82 Å². The number of benzene rings is 1. The van der Waals surface area contributed by atoms with Crippen LogP contribution in [0.3, 0.4) is 0 Å². The van der Waals surface area contributed by atoms with Crippen LogP contribution in [0.4, 0.5) is 18.9 Å². The molecule has 28 heavy (non-hydrogen) atoms. The van der Waals surface area contributed by atoms with E-state index in [0.717, 1.165) is 12.1 Å². The first-order valence-electron chi connectivity index (χ1n) is 8.17. The number of alkyl halides is 3. The number of hydrogen-bond acceptors (Lipinski definition) is 4. The number of hydrogen-bond donors (Lipinski definition) is 3. The van der Waals surface area contributed by atoms with Crippen LogP contribution in [0.1, 0.15) is 53.8 Å². The number of carbonyl (C=O) groups excluding carboxylic acids is 1. The number of halogens is 4. The van der Waals surface area contributed by atoms with Gasteiger partial charge in [0.15, 0.2) is 0 Å². The largest absolute Gasteiger partial charge is 0.416 e. The van der Waals surface area contributed by atoms with Crippen molar-refractivity contribution in [3.63, 3.8) is 0 Å². The van der Waals surface area contributed by atoms with Crippen molar-refractivity contribution in [2.45, 2.75) is 45.8 Å². The second kappa shape index (κ2) is 8.32. The van der Waals surface area contributed by atoms with Gasteiger partial charge in [0.05, 0.1) is 11.3 Å². The van der Waals surface area contributed by atoms with Crippen LogP contribution in [-0.4, -0.2) is 15.9 Å². The maximum atomic E-state index is 13.0. The van der Waals surface area contributed by atoms with Crippen molar-refractivity contribution in [2.75, 3.05) is 5.32 Å². The first-order valence-corrected chi connectivity index (χ1v) is 8.17. The Morgan fingerprint density at radius 1 is 1.21 bits per heavy atom. The highest BCUT2D eigenvalue weighted by Crippen LogP contribution is 2.32. The summed E-state index contributed by atoms with van der Waals surface area (Å²) in [5, 5.41) is 2.33. The van der Waals surface area contributed by atoms with Crippen molar-refractivity contribution < 1.29 is 18.0 Å². The second-order valence-electron chi connectivity index (χ2n) is 7.20. The van der Waals surface area contributed by atoms with E-state index in [-0.39, 0.29) is 41.5 Å². The van der Waals surface area contributed by atoms with Crippen LogP contribution in [0, 0.1) is 6.92 Å². The second-order valence-corrected chi connectivity index (χ2v) is 7.20. The Morgan fingerprint density at radius 2 is 1.82 bits per heavy atom. The fraction of sp³-hybridized carbons (Fsp3) is 0.389. The third kappa shape index (κ3) is 5.32.